The molecule has 0 unspecified atom stereocenters. The summed E-state index contributed by atoms with van der Waals surface area (Å²) in [6.07, 6.45) is 0. The quantitative estimate of drug-likeness (QED) is 0.864. The Kier molecular flexibility index (Phi) is 3.18. The first-order valence-electron chi connectivity index (χ1n) is 5.28. The molecule has 0 saturated carbocycles. The van der Waals surface area contributed by atoms with Gasteiger partial charge in [-0.3, -0.25) is 4.79 Å². The van der Waals surface area contributed by atoms with Crippen LogP contribution < -0.4 is 15.8 Å². The largest absolute Gasteiger partial charge is 0.496 e. The third kappa shape index (κ3) is 2.42. The Hall–Kier alpha value is -2.50. The number of hydrogen-bond donors (Lipinski definition) is 2. The first-order chi connectivity index (χ1) is 8.60. The summed E-state index contributed by atoms with van der Waals surface area (Å²) in [6.45, 7) is 1.44. The minimum absolute atomic E-state index is 0.150. The second-order valence-corrected chi connectivity index (χ2v) is 3.71. The molecule has 0 aliphatic carbocycles. The van der Waals surface area contributed by atoms with Crippen LogP contribution in [-0.4, -0.2) is 18.2 Å². The SMILES string of the molecule is COc1ccc(NC(C)=O)cc1-c1cc(N)no1. The molecule has 6 nitrogen and oxygen atoms in total. The van der Waals surface area contributed by atoms with Crippen LogP contribution in [0.15, 0.2) is 28.8 Å². The van der Waals surface area contributed by atoms with Crippen molar-refractivity contribution in [3.05, 3.63) is 24.3 Å². The molecule has 2 rings (SSSR count). The van der Waals surface area contributed by atoms with Gasteiger partial charge < -0.3 is 20.3 Å². The number of nitrogens with two attached hydrogens (primary N) is 1. The van der Waals surface area contributed by atoms with Crippen LogP contribution in [0.4, 0.5) is 11.5 Å². The zero-order valence-corrected chi connectivity index (χ0v) is 10.1. The van der Waals surface area contributed by atoms with E-state index < -0.39 is 0 Å². The van der Waals surface area contributed by atoms with Crippen molar-refractivity contribution in [2.45, 2.75) is 6.92 Å². The van der Waals surface area contributed by atoms with Gasteiger partial charge in [-0.2, -0.15) is 0 Å². The molecule has 1 amide bonds. The Balaban J connectivity index is 2.45. The fourth-order valence-corrected chi connectivity index (χ4v) is 1.60. The predicted molar refractivity (Wildman–Crippen MR) is 67.2 cm³/mol. The van der Waals surface area contributed by atoms with Crippen LogP contribution in [0.1, 0.15) is 6.92 Å². The van der Waals surface area contributed by atoms with Gasteiger partial charge in [-0.05, 0) is 18.2 Å². The van der Waals surface area contributed by atoms with E-state index in [4.69, 9.17) is 15.0 Å². The fraction of sp³-hybridized carbons (Fsp3) is 0.167. The summed E-state index contributed by atoms with van der Waals surface area (Å²) in [6, 6.07) is 6.80. The number of nitrogens with one attached hydrogen (secondary N) is 1. The number of aromatic nitrogens is 1. The molecule has 2 aromatic rings. The Labute approximate surface area is 104 Å². The summed E-state index contributed by atoms with van der Waals surface area (Å²) >= 11 is 0. The van der Waals surface area contributed by atoms with Crippen molar-refractivity contribution in [2.75, 3.05) is 18.2 Å². The van der Waals surface area contributed by atoms with E-state index in [0.29, 0.717) is 22.8 Å². The summed E-state index contributed by atoms with van der Waals surface area (Å²) in [5, 5.41) is 6.30. The van der Waals surface area contributed by atoms with Gasteiger partial charge in [0.25, 0.3) is 0 Å². The van der Waals surface area contributed by atoms with Gasteiger partial charge in [0, 0.05) is 18.7 Å². The standard InChI is InChI=1S/C12H13N3O3/c1-7(16)14-8-3-4-10(17-2)9(5-8)11-6-12(13)15-18-11/h3-6H,1-2H3,(H2,13,15)(H,14,16). The lowest BCUT2D eigenvalue weighted by molar-refractivity contribution is -0.114. The number of ether oxygens (including phenoxy) is 1. The van der Waals surface area contributed by atoms with Crippen LogP contribution >= 0.6 is 0 Å². The number of carbonyl (C=O) groups is 1. The number of carbonyl (C=O) groups excluding carboxylic acids is 1. The number of methoxy groups -OCH3 is 1. The van der Waals surface area contributed by atoms with Crippen molar-refractivity contribution in [1.29, 1.82) is 0 Å². The van der Waals surface area contributed by atoms with E-state index in [2.05, 4.69) is 10.5 Å². The number of anilines is 2. The Morgan fingerprint density at radius 2 is 2.22 bits per heavy atom. The lowest BCUT2D eigenvalue weighted by Crippen LogP contribution is -2.05. The highest BCUT2D eigenvalue weighted by atomic mass is 16.5. The van der Waals surface area contributed by atoms with Crippen LogP contribution in [-0.2, 0) is 4.79 Å². The number of hydrogen-bond acceptors (Lipinski definition) is 5. The summed E-state index contributed by atoms with van der Waals surface area (Å²) in [4.78, 5) is 11.0. The van der Waals surface area contributed by atoms with E-state index in [1.54, 1.807) is 31.4 Å². The van der Waals surface area contributed by atoms with Gasteiger partial charge in [0.2, 0.25) is 5.91 Å². The van der Waals surface area contributed by atoms with Crippen molar-refractivity contribution in [3.63, 3.8) is 0 Å². The molecule has 0 bridgehead atoms. The van der Waals surface area contributed by atoms with Crippen molar-refractivity contribution < 1.29 is 14.1 Å². The maximum atomic E-state index is 11.0. The molecule has 18 heavy (non-hydrogen) atoms. The predicted octanol–water partition coefficient (Wildman–Crippen LogP) is 1.89. The summed E-state index contributed by atoms with van der Waals surface area (Å²) < 4.78 is 10.3. The molecule has 3 N–H and O–H groups in total. The molecule has 94 valence electrons. The number of nitrogen functional groups attached to an aromatic ring is 1. The summed E-state index contributed by atoms with van der Waals surface area (Å²) in [5.41, 5.74) is 6.83. The van der Waals surface area contributed by atoms with E-state index in [1.165, 1.54) is 6.92 Å². The third-order valence-electron chi connectivity index (χ3n) is 2.31. The molecular formula is C12H13N3O3. The van der Waals surface area contributed by atoms with Gasteiger partial charge in [-0.25, -0.2) is 0 Å². The minimum Gasteiger partial charge on any atom is -0.496 e. The highest BCUT2D eigenvalue weighted by molar-refractivity contribution is 5.90. The first kappa shape index (κ1) is 12.0. The van der Waals surface area contributed by atoms with Crippen LogP contribution in [0.5, 0.6) is 5.75 Å². The van der Waals surface area contributed by atoms with Gasteiger partial charge in [0.1, 0.15) is 5.75 Å². The summed E-state index contributed by atoms with van der Waals surface area (Å²) in [7, 11) is 1.55. The lowest BCUT2D eigenvalue weighted by atomic mass is 10.1. The summed E-state index contributed by atoms with van der Waals surface area (Å²) in [5.74, 6) is 1.23. The molecular weight excluding hydrogens is 234 g/mol. The van der Waals surface area contributed by atoms with Gasteiger partial charge in [0.05, 0.1) is 12.7 Å². The lowest BCUT2D eigenvalue weighted by Gasteiger charge is -2.08. The molecule has 0 aliphatic rings. The van der Waals surface area contributed by atoms with Gasteiger partial charge in [-0.1, -0.05) is 5.16 Å². The first-order valence-corrected chi connectivity index (χ1v) is 5.28. The maximum absolute atomic E-state index is 11.0. The molecule has 1 aromatic carbocycles. The van der Waals surface area contributed by atoms with Crippen molar-refractivity contribution in [2.24, 2.45) is 0 Å². The molecule has 0 saturated heterocycles. The molecule has 1 heterocycles. The molecule has 6 heteroatoms. The third-order valence-corrected chi connectivity index (χ3v) is 2.31. The highest BCUT2D eigenvalue weighted by Crippen LogP contribution is 2.33. The average Bonchev–Trinajstić information content (AvgIpc) is 2.75. The molecule has 0 atom stereocenters. The fourth-order valence-electron chi connectivity index (χ4n) is 1.60. The minimum atomic E-state index is -0.150. The van der Waals surface area contributed by atoms with E-state index in [0.717, 1.165) is 0 Å². The van der Waals surface area contributed by atoms with Gasteiger partial charge in [-0.15, -0.1) is 0 Å². The van der Waals surface area contributed by atoms with E-state index in [1.807, 2.05) is 0 Å². The van der Waals surface area contributed by atoms with E-state index >= 15 is 0 Å². The maximum Gasteiger partial charge on any atom is 0.221 e. The van der Waals surface area contributed by atoms with Gasteiger partial charge >= 0.3 is 0 Å². The Morgan fingerprint density at radius 3 is 2.78 bits per heavy atom. The van der Waals surface area contributed by atoms with Crippen molar-refractivity contribution in [1.82, 2.24) is 5.16 Å². The molecule has 0 aliphatic heterocycles. The van der Waals surface area contributed by atoms with E-state index in [-0.39, 0.29) is 11.7 Å². The second-order valence-electron chi connectivity index (χ2n) is 3.71. The Bertz CT molecular complexity index is 578. The average molecular weight is 247 g/mol. The monoisotopic (exact) mass is 247 g/mol. The normalized spacial score (nSPS) is 10.1. The van der Waals surface area contributed by atoms with Crippen molar-refractivity contribution >= 4 is 17.4 Å². The number of amides is 1. The van der Waals surface area contributed by atoms with Gasteiger partial charge in [0.15, 0.2) is 11.6 Å². The number of benzene rings is 1. The zero-order chi connectivity index (χ0) is 13.1. The van der Waals surface area contributed by atoms with Crippen LogP contribution in [0, 0.1) is 0 Å². The zero-order valence-electron chi connectivity index (χ0n) is 10.1. The van der Waals surface area contributed by atoms with E-state index in [9.17, 15) is 4.79 Å². The molecule has 0 spiro atoms. The number of nitrogens with zero attached hydrogens (tertiary/aromatic N) is 1. The van der Waals surface area contributed by atoms with Crippen LogP contribution in [0.2, 0.25) is 0 Å². The Morgan fingerprint density at radius 1 is 1.44 bits per heavy atom. The molecule has 0 fully saturated rings. The topological polar surface area (TPSA) is 90.4 Å². The van der Waals surface area contributed by atoms with Crippen LogP contribution in [0.3, 0.4) is 0 Å². The second kappa shape index (κ2) is 4.79. The number of rotatable bonds is 3. The smallest absolute Gasteiger partial charge is 0.221 e. The van der Waals surface area contributed by atoms with Crippen LogP contribution in [0.25, 0.3) is 11.3 Å². The van der Waals surface area contributed by atoms with Crippen molar-refractivity contribution in [3.8, 4) is 17.1 Å². The molecule has 0 radical (unpaired) electrons. The molecule has 1 aromatic heterocycles. The highest BCUT2D eigenvalue weighted by Gasteiger charge is 2.12.